The average Bonchev–Trinajstić information content (AvgIpc) is 2.46. The molecule has 1 heterocycles. The van der Waals surface area contributed by atoms with Gasteiger partial charge in [-0.25, -0.2) is 13.1 Å². The molecule has 0 amide bonds. The second-order valence-corrected chi connectivity index (χ2v) is 7.09. The molecular formula is C13H22N4O2S2. The number of nitrogens with zero attached hydrogens (tertiary/aromatic N) is 2. The van der Waals surface area contributed by atoms with E-state index in [1.807, 2.05) is 7.05 Å². The van der Waals surface area contributed by atoms with Crippen LogP contribution in [0.15, 0.2) is 23.2 Å². The number of thiocarbonyl (C=S) groups is 1. The molecule has 0 bridgehead atoms. The number of hydrogen-bond acceptors (Lipinski definition) is 5. The van der Waals surface area contributed by atoms with Gasteiger partial charge in [0.25, 0.3) is 0 Å². The Balaban J connectivity index is 2.63. The van der Waals surface area contributed by atoms with Crippen molar-refractivity contribution in [2.45, 2.75) is 31.2 Å². The molecule has 0 aliphatic carbocycles. The van der Waals surface area contributed by atoms with E-state index in [1.54, 1.807) is 0 Å². The van der Waals surface area contributed by atoms with E-state index in [2.05, 4.69) is 28.5 Å². The molecule has 118 valence electrons. The Labute approximate surface area is 131 Å². The zero-order valence-electron chi connectivity index (χ0n) is 12.5. The van der Waals surface area contributed by atoms with E-state index in [9.17, 15) is 8.42 Å². The van der Waals surface area contributed by atoms with Crippen molar-refractivity contribution in [3.05, 3.63) is 24.0 Å². The van der Waals surface area contributed by atoms with Crippen molar-refractivity contribution in [1.29, 1.82) is 0 Å². The fourth-order valence-electron chi connectivity index (χ4n) is 1.66. The van der Waals surface area contributed by atoms with E-state index in [0.717, 1.165) is 6.42 Å². The Morgan fingerprint density at radius 3 is 2.67 bits per heavy atom. The van der Waals surface area contributed by atoms with Gasteiger partial charge in [-0.1, -0.05) is 19.1 Å². The molecule has 0 aliphatic heterocycles. The van der Waals surface area contributed by atoms with Crippen molar-refractivity contribution in [1.82, 2.24) is 14.6 Å². The Hall–Kier alpha value is -1.09. The first-order valence-electron chi connectivity index (χ1n) is 6.73. The van der Waals surface area contributed by atoms with Gasteiger partial charge in [-0.3, -0.25) is 4.98 Å². The third-order valence-electron chi connectivity index (χ3n) is 3.40. The molecule has 1 rings (SSSR count). The molecule has 1 unspecified atom stereocenters. The summed E-state index contributed by atoms with van der Waals surface area (Å²) < 4.78 is 26.8. The lowest BCUT2D eigenvalue weighted by molar-refractivity contribution is 0.256. The van der Waals surface area contributed by atoms with Crippen molar-refractivity contribution in [2.24, 2.45) is 5.73 Å². The predicted molar refractivity (Wildman–Crippen MR) is 87.7 cm³/mol. The van der Waals surface area contributed by atoms with Gasteiger partial charge < -0.3 is 10.6 Å². The Kier molecular flexibility index (Phi) is 6.66. The molecule has 0 spiro atoms. The number of sulfonamides is 1. The maximum absolute atomic E-state index is 12.1. The third-order valence-corrected chi connectivity index (χ3v) is 5.05. The molecule has 3 N–H and O–H groups in total. The highest BCUT2D eigenvalue weighted by Gasteiger charge is 2.15. The fourth-order valence-corrected chi connectivity index (χ4v) is 2.74. The van der Waals surface area contributed by atoms with Crippen molar-refractivity contribution in [3.63, 3.8) is 0 Å². The van der Waals surface area contributed by atoms with Gasteiger partial charge in [0, 0.05) is 25.3 Å². The molecular weight excluding hydrogens is 308 g/mol. The van der Waals surface area contributed by atoms with Gasteiger partial charge in [0.2, 0.25) is 10.0 Å². The van der Waals surface area contributed by atoms with Crippen LogP contribution in [0.5, 0.6) is 0 Å². The molecule has 1 aromatic heterocycles. The number of nitrogens with two attached hydrogens (primary N) is 1. The number of pyridine rings is 1. The minimum Gasteiger partial charge on any atom is -0.388 e. The van der Waals surface area contributed by atoms with E-state index in [0.29, 0.717) is 24.8 Å². The van der Waals surface area contributed by atoms with E-state index >= 15 is 0 Å². The van der Waals surface area contributed by atoms with Gasteiger partial charge in [-0.05, 0) is 32.5 Å². The lowest BCUT2D eigenvalue weighted by Crippen LogP contribution is -2.37. The van der Waals surface area contributed by atoms with Crippen molar-refractivity contribution >= 4 is 27.2 Å². The van der Waals surface area contributed by atoms with Crippen molar-refractivity contribution in [2.75, 3.05) is 20.1 Å². The summed E-state index contributed by atoms with van der Waals surface area (Å²) in [6, 6.07) is 3.37. The van der Waals surface area contributed by atoms with Gasteiger partial charge in [-0.2, -0.15) is 0 Å². The molecule has 0 saturated heterocycles. The molecule has 0 radical (unpaired) electrons. The zero-order chi connectivity index (χ0) is 16.0. The molecule has 0 aliphatic rings. The molecule has 6 nitrogen and oxygen atoms in total. The van der Waals surface area contributed by atoms with Crippen molar-refractivity contribution in [3.8, 4) is 0 Å². The SMILES string of the molecule is CCC(C)N(C)CCNS(=O)(=O)c1ccc(C(N)=S)nc1. The number of aromatic nitrogens is 1. The first-order valence-corrected chi connectivity index (χ1v) is 8.62. The van der Waals surface area contributed by atoms with Crippen LogP contribution >= 0.6 is 12.2 Å². The molecule has 0 fully saturated rings. The van der Waals surface area contributed by atoms with Crippen LogP contribution in [0.1, 0.15) is 26.0 Å². The summed E-state index contributed by atoms with van der Waals surface area (Å²) in [4.78, 5) is 6.29. The molecule has 1 aromatic rings. The second-order valence-electron chi connectivity index (χ2n) is 4.88. The topological polar surface area (TPSA) is 88.3 Å². The number of nitrogens with one attached hydrogen (secondary N) is 1. The fraction of sp³-hybridized carbons (Fsp3) is 0.538. The van der Waals surface area contributed by atoms with Crippen LogP contribution in [0.3, 0.4) is 0 Å². The van der Waals surface area contributed by atoms with Crippen LogP contribution in [0, 0.1) is 0 Å². The van der Waals surface area contributed by atoms with E-state index in [-0.39, 0.29) is 9.88 Å². The standard InChI is InChI=1S/C13H22N4O2S2/c1-4-10(2)17(3)8-7-16-21(18,19)11-5-6-12(13(14)20)15-9-11/h5-6,9-10,16H,4,7-8H2,1-3H3,(H2,14,20). The molecule has 8 heteroatoms. The Morgan fingerprint density at radius 1 is 1.52 bits per heavy atom. The van der Waals surface area contributed by atoms with Crippen LogP contribution in [0.2, 0.25) is 0 Å². The van der Waals surface area contributed by atoms with Gasteiger partial charge in [0.1, 0.15) is 9.88 Å². The van der Waals surface area contributed by atoms with Crippen LogP contribution in [-0.4, -0.2) is 49.5 Å². The summed E-state index contributed by atoms with van der Waals surface area (Å²) in [5.74, 6) is 0. The average molecular weight is 330 g/mol. The monoisotopic (exact) mass is 330 g/mol. The number of hydrogen-bond donors (Lipinski definition) is 2. The lowest BCUT2D eigenvalue weighted by atomic mass is 10.2. The van der Waals surface area contributed by atoms with Crippen LogP contribution in [-0.2, 0) is 10.0 Å². The van der Waals surface area contributed by atoms with Gasteiger partial charge in [0.15, 0.2) is 0 Å². The number of rotatable bonds is 8. The molecule has 21 heavy (non-hydrogen) atoms. The normalized spacial score (nSPS) is 13.3. The highest BCUT2D eigenvalue weighted by molar-refractivity contribution is 7.89. The molecule has 1 atom stereocenters. The third kappa shape index (κ3) is 5.31. The van der Waals surface area contributed by atoms with E-state index < -0.39 is 10.0 Å². The summed E-state index contributed by atoms with van der Waals surface area (Å²) >= 11 is 4.78. The summed E-state index contributed by atoms with van der Waals surface area (Å²) in [6.07, 6.45) is 2.28. The summed E-state index contributed by atoms with van der Waals surface area (Å²) in [7, 11) is -1.58. The van der Waals surface area contributed by atoms with Crippen LogP contribution in [0.25, 0.3) is 0 Å². The Bertz CT molecular complexity index is 572. The summed E-state index contributed by atoms with van der Waals surface area (Å²) in [5.41, 5.74) is 5.83. The van der Waals surface area contributed by atoms with Gasteiger partial charge >= 0.3 is 0 Å². The highest BCUT2D eigenvalue weighted by atomic mass is 32.2. The highest BCUT2D eigenvalue weighted by Crippen LogP contribution is 2.08. The largest absolute Gasteiger partial charge is 0.388 e. The van der Waals surface area contributed by atoms with Gasteiger partial charge in [0.05, 0.1) is 5.69 Å². The molecule has 0 saturated carbocycles. The van der Waals surface area contributed by atoms with Crippen LogP contribution in [0.4, 0.5) is 0 Å². The lowest BCUT2D eigenvalue weighted by Gasteiger charge is -2.23. The second kappa shape index (κ2) is 7.79. The maximum atomic E-state index is 12.1. The maximum Gasteiger partial charge on any atom is 0.242 e. The zero-order valence-corrected chi connectivity index (χ0v) is 14.2. The predicted octanol–water partition coefficient (Wildman–Crippen LogP) is 0.724. The van der Waals surface area contributed by atoms with Crippen molar-refractivity contribution < 1.29 is 8.42 Å². The molecule has 0 aromatic carbocycles. The number of likely N-dealkylation sites (N-methyl/N-ethyl adjacent to an activating group) is 1. The first kappa shape index (κ1) is 18.0. The Morgan fingerprint density at radius 2 is 2.19 bits per heavy atom. The van der Waals surface area contributed by atoms with E-state index in [1.165, 1.54) is 18.3 Å². The van der Waals surface area contributed by atoms with Crippen LogP contribution < -0.4 is 10.5 Å². The van der Waals surface area contributed by atoms with Gasteiger partial charge in [-0.15, -0.1) is 0 Å². The summed E-state index contributed by atoms with van der Waals surface area (Å²) in [6.45, 7) is 5.19. The van der Waals surface area contributed by atoms with E-state index in [4.69, 9.17) is 18.0 Å². The first-order chi connectivity index (χ1) is 9.77. The minimum absolute atomic E-state index is 0.105. The quantitative estimate of drug-likeness (QED) is 0.683. The smallest absolute Gasteiger partial charge is 0.242 e. The summed E-state index contributed by atoms with van der Waals surface area (Å²) in [5, 5.41) is 0. The minimum atomic E-state index is -3.55.